The summed E-state index contributed by atoms with van der Waals surface area (Å²) in [4.78, 5) is 22.4. The van der Waals surface area contributed by atoms with Crippen molar-refractivity contribution in [1.29, 1.82) is 0 Å². The van der Waals surface area contributed by atoms with Crippen LogP contribution in [0.5, 0.6) is 0 Å². The second kappa shape index (κ2) is 5.33. The molecule has 0 radical (unpaired) electrons. The molecule has 0 aliphatic carbocycles. The number of aromatic nitrogens is 2. The number of hydrogen-bond donors (Lipinski definition) is 3. The summed E-state index contributed by atoms with van der Waals surface area (Å²) in [5.74, 6) is 0.235. The van der Waals surface area contributed by atoms with Crippen LogP contribution in [0.1, 0.15) is 0 Å². The molecule has 0 saturated heterocycles. The number of amides is 2. The quantitative estimate of drug-likeness (QED) is 0.776. The van der Waals surface area contributed by atoms with Crippen LogP contribution in [0, 0.1) is 0 Å². The zero-order valence-corrected chi connectivity index (χ0v) is 9.86. The van der Waals surface area contributed by atoms with Gasteiger partial charge in [-0.05, 0) is 18.2 Å². The van der Waals surface area contributed by atoms with Crippen LogP contribution < -0.4 is 16.2 Å². The number of rotatable bonds is 2. The molecule has 0 aliphatic heterocycles. The fourth-order valence-corrected chi connectivity index (χ4v) is 1.43. The summed E-state index contributed by atoms with van der Waals surface area (Å²) in [5.41, 5.74) is 0.146. The van der Waals surface area contributed by atoms with Gasteiger partial charge in [-0.1, -0.05) is 23.7 Å². The van der Waals surface area contributed by atoms with E-state index in [1.807, 2.05) is 0 Å². The molecule has 0 atom stereocenters. The van der Waals surface area contributed by atoms with Crippen LogP contribution in [0.3, 0.4) is 0 Å². The first-order valence-corrected chi connectivity index (χ1v) is 5.41. The molecule has 0 unspecified atom stereocenters. The van der Waals surface area contributed by atoms with Crippen molar-refractivity contribution < 1.29 is 4.79 Å². The summed E-state index contributed by atoms with van der Waals surface area (Å²) in [7, 11) is 0. The molecule has 2 amide bonds. The molecule has 0 saturated carbocycles. The lowest BCUT2D eigenvalue weighted by molar-refractivity contribution is 0.262. The van der Waals surface area contributed by atoms with Gasteiger partial charge in [0.25, 0.3) is 5.56 Å². The highest BCUT2D eigenvalue weighted by Crippen LogP contribution is 2.20. The van der Waals surface area contributed by atoms with E-state index in [0.29, 0.717) is 10.7 Å². The van der Waals surface area contributed by atoms with Crippen molar-refractivity contribution in [2.75, 3.05) is 10.6 Å². The molecule has 0 bridgehead atoms. The summed E-state index contributed by atoms with van der Waals surface area (Å²) in [6, 6.07) is 9.00. The smallest absolute Gasteiger partial charge is 0.306 e. The molecule has 2 aromatic rings. The van der Waals surface area contributed by atoms with Crippen LogP contribution >= 0.6 is 11.6 Å². The predicted octanol–water partition coefficient (Wildman–Crippen LogP) is 2.07. The number of hydrogen-bond acceptors (Lipinski definition) is 3. The van der Waals surface area contributed by atoms with Gasteiger partial charge in [-0.3, -0.25) is 10.1 Å². The van der Waals surface area contributed by atoms with E-state index in [4.69, 9.17) is 11.6 Å². The molecule has 2 rings (SSSR count). The topological polar surface area (TPSA) is 86.9 Å². The third-order valence-electron chi connectivity index (χ3n) is 2.04. The minimum absolute atomic E-state index is 0.235. The van der Waals surface area contributed by atoms with Crippen LogP contribution in [-0.2, 0) is 0 Å². The van der Waals surface area contributed by atoms with Crippen molar-refractivity contribution in [3.63, 3.8) is 0 Å². The van der Waals surface area contributed by atoms with E-state index in [1.165, 1.54) is 12.1 Å². The highest BCUT2D eigenvalue weighted by Gasteiger charge is 2.05. The predicted molar refractivity (Wildman–Crippen MR) is 69.0 cm³/mol. The number of anilines is 2. The largest absolute Gasteiger partial charge is 0.324 e. The van der Waals surface area contributed by atoms with Gasteiger partial charge >= 0.3 is 6.03 Å². The molecule has 3 N–H and O–H groups in total. The maximum absolute atomic E-state index is 11.6. The molecule has 6 nitrogen and oxygen atoms in total. The first-order chi connectivity index (χ1) is 8.65. The molecule has 0 fully saturated rings. The normalized spacial score (nSPS) is 9.83. The Morgan fingerprint density at radius 3 is 2.61 bits per heavy atom. The highest BCUT2D eigenvalue weighted by atomic mass is 35.5. The molecule has 0 aliphatic rings. The van der Waals surface area contributed by atoms with E-state index in [2.05, 4.69) is 20.8 Å². The average molecular weight is 265 g/mol. The zero-order chi connectivity index (χ0) is 13.0. The van der Waals surface area contributed by atoms with Crippen molar-refractivity contribution in [1.82, 2.24) is 10.2 Å². The Hall–Kier alpha value is -2.34. The first-order valence-electron chi connectivity index (χ1n) is 5.03. The van der Waals surface area contributed by atoms with Crippen molar-refractivity contribution in [3.05, 3.63) is 51.8 Å². The lowest BCUT2D eigenvalue weighted by Crippen LogP contribution is -2.21. The number of para-hydroxylation sites is 1. The first kappa shape index (κ1) is 12.1. The zero-order valence-electron chi connectivity index (χ0n) is 9.11. The minimum atomic E-state index is -0.498. The number of benzene rings is 1. The van der Waals surface area contributed by atoms with Crippen molar-refractivity contribution in [3.8, 4) is 0 Å². The Balaban J connectivity index is 2.03. The third kappa shape index (κ3) is 3.08. The number of carbonyl (C=O) groups excluding carboxylic acids is 1. The SMILES string of the molecule is O=C(Nc1ccc(=O)[nH]n1)Nc1ccccc1Cl. The Morgan fingerprint density at radius 2 is 1.94 bits per heavy atom. The standard InChI is InChI=1S/C11H9ClN4O2/c12-7-3-1-2-4-8(7)13-11(18)14-9-5-6-10(17)16-15-9/h1-6H,(H,16,17)(H2,13,14,15,18). The van der Waals surface area contributed by atoms with Crippen LogP contribution in [-0.4, -0.2) is 16.2 Å². The highest BCUT2D eigenvalue weighted by molar-refractivity contribution is 6.33. The minimum Gasteiger partial charge on any atom is -0.306 e. The van der Waals surface area contributed by atoms with E-state index in [-0.39, 0.29) is 11.4 Å². The molecule has 1 aromatic heterocycles. The van der Waals surface area contributed by atoms with Gasteiger partial charge in [0.2, 0.25) is 0 Å². The lowest BCUT2D eigenvalue weighted by atomic mass is 10.3. The molecular formula is C11H9ClN4O2. The lowest BCUT2D eigenvalue weighted by Gasteiger charge is -2.07. The van der Waals surface area contributed by atoms with Gasteiger partial charge in [0.15, 0.2) is 5.82 Å². The number of urea groups is 1. The number of nitrogens with zero attached hydrogens (tertiary/aromatic N) is 1. The second-order valence-electron chi connectivity index (χ2n) is 3.37. The summed E-state index contributed by atoms with van der Waals surface area (Å²) in [6.45, 7) is 0. The van der Waals surface area contributed by atoms with Crippen LogP contribution in [0.4, 0.5) is 16.3 Å². The fourth-order valence-electron chi connectivity index (χ4n) is 1.25. The summed E-state index contributed by atoms with van der Waals surface area (Å²) >= 11 is 5.89. The van der Waals surface area contributed by atoms with Gasteiger partial charge in [0, 0.05) is 6.07 Å². The fraction of sp³-hybridized carbons (Fsp3) is 0. The molecule has 18 heavy (non-hydrogen) atoms. The van der Waals surface area contributed by atoms with E-state index in [1.54, 1.807) is 24.3 Å². The maximum atomic E-state index is 11.6. The van der Waals surface area contributed by atoms with Gasteiger partial charge in [0.1, 0.15) is 0 Å². The van der Waals surface area contributed by atoms with Crippen LogP contribution in [0.25, 0.3) is 0 Å². The van der Waals surface area contributed by atoms with Crippen molar-refractivity contribution >= 4 is 29.1 Å². The van der Waals surface area contributed by atoms with Gasteiger partial charge in [0.05, 0.1) is 10.7 Å². The molecule has 0 spiro atoms. The van der Waals surface area contributed by atoms with E-state index < -0.39 is 6.03 Å². The Morgan fingerprint density at radius 1 is 1.17 bits per heavy atom. The second-order valence-corrected chi connectivity index (χ2v) is 3.77. The molecule has 92 valence electrons. The summed E-state index contributed by atoms with van der Waals surface area (Å²) in [5, 5.41) is 11.3. The molecule has 7 heteroatoms. The number of aromatic amines is 1. The Bertz CT molecular complexity index is 606. The summed E-state index contributed by atoms with van der Waals surface area (Å²) in [6.07, 6.45) is 0. The molecule has 1 heterocycles. The van der Waals surface area contributed by atoms with E-state index in [9.17, 15) is 9.59 Å². The number of H-pyrrole nitrogens is 1. The van der Waals surface area contributed by atoms with Crippen LogP contribution in [0.2, 0.25) is 5.02 Å². The van der Waals surface area contributed by atoms with Gasteiger partial charge in [-0.2, -0.15) is 5.10 Å². The van der Waals surface area contributed by atoms with E-state index >= 15 is 0 Å². The Labute approximate surface area is 107 Å². The van der Waals surface area contributed by atoms with Crippen molar-refractivity contribution in [2.24, 2.45) is 0 Å². The number of carbonyl (C=O) groups is 1. The third-order valence-corrected chi connectivity index (χ3v) is 2.37. The number of nitrogens with one attached hydrogen (secondary N) is 3. The van der Waals surface area contributed by atoms with Gasteiger partial charge in [-0.25, -0.2) is 9.89 Å². The molecule has 1 aromatic carbocycles. The van der Waals surface area contributed by atoms with Crippen LogP contribution in [0.15, 0.2) is 41.2 Å². The van der Waals surface area contributed by atoms with E-state index in [0.717, 1.165) is 0 Å². The summed E-state index contributed by atoms with van der Waals surface area (Å²) < 4.78 is 0. The van der Waals surface area contributed by atoms with Crippen molar-refractivity contribution in [2.45, 2.75) is 0 Å². The average Bonchev–Trinajstić information content (AvgIpc) is 2.35. The van der Waals surface area contributed by atoms with Gasteiger partial charge in [-0.15, -0.1) is 0 Å². The number of halogens is 1. The molecular weight excluding hydrogens is 256 g/mol. The Kier molecular flexibility index (Phi) is 3.59. The maximum Gasteiger partial charge on any atom is 0.324 e. The monoisotopic (exact) mass is 264 g/mol. The van der Waals surface area contributed by atoms with Gasteiger partial charge < -0.3 is 5.32 Å².